The number of esters is 1. The van der Waals surface area contributed by atoms with E-state index in [-0.39, 0.29) is 5.69 Å². The van der Waals surface area contributed by atoms with Gasteiger partial charge in [-0.25, -0.2) is 14.8 Å². The zero-order chi connectivity index (χ0) is 25.5. The fourth-order valence-corrected chi connectivity index (χ4v) is 4.01. The number of ether oxygens (including phenoxy) is 2. The van der Waals surface area contributed by atoms with Crippen LogP contribution in [0.5, 0.6) is 0 Å². The van der Waals surface area contributed by atoms with E-state index in [0.29, 0.717) is 17.1 Å². The van der Waals surface area contributed by atoms with Crippen LogP contribution in [0.25, 0.3) is 22.6 Å². The number of methoxy groups -OCH3 is 1. The van der Waals surface area contributed by atoms with Gasteiger partial charge in [0.25, 0.3) is 0 Å². The first-order chi connectivity index (χ1) is 18.2. The molecule has 184 valence electrons. The van der Waals surface area contributed by atoms with Crippen molar-refractivity contribution in [2.24, 2.45) is 0 Å². The Morgan fingerprint density at radius 1 is 0.946 bits per heavy atom. The summed E-state index contributed by atoms with van der Waals surface area (Å²) in [4.78, 5) is 27.8. The molecule has 0 bridgehead atoms. The summed E-state index contributed by atoms with van der Waals surface area (Å²) in [5.41, 5.74) is 5.49. The van der Waals surface area contributed by atoms with E-state index in [1.807, 2.05) is 30.3 Å². The smallest absolute Gasteiger partial charge is 0.356 e. The predicted molar refractivity (Wildman–Crippen MR) is 141 cm³/mol. The van der Waals surface area contributed by atoms with Crippen molar-refractivity contribution in [1.29, 1.82) is 0 Å². The normalized spacial score (nSPS) is 13.4. The Hall–Kier alpha value is -4.38. The Morgan fingerprint density at radius 3 is 2.30 bits per heavy atom. The van der Waals surface area contributed by atoms with Gasteiger partial charge < -0.3 is 9.47 Å². The molecule has 2 aromatic heterocycles. The summed E-state index contributed by atoms with van der Waals surface area (Å²) in [7, 11) is 1.33. The van der Waals surface area contributed by atoms with Gasteiger partial charge in [0.15, 0.2) is 11.5 Å². The maximum atomic E-state index is 12.2. The molecule has 0 unspecified atom stereocenters. The van der Waals surface area contributed by atoms with Crippen LogP contribution in [0, 0.1) is 11.8 Å². The van der Waals surface area contributed by atoms with Gasteiger partial charge in [0.1, 0.15) is 0 Å². The molecule has 0 radical (unpaired) electrons. The standard InChI is InChI=1S/C30H26N4O3/c1-36-30(35)28-19-27(32-29(33-28)26-3-2-14-31-20-26)25-12-10-23(11-13-25)5-4-22-6-8-24(9-7-22)21-34-15-17-37-18-16-34/h2-3,6-14,19-20H,15-18,21H2,1H3. The Labute approximate surface area is 216 Å². The van der Waals surface area contributed by atoms with Gasteiger partial charge in [-0.3, -0.25) is 9.88 Å². The van der Waals surface area contributed by atoms with E-state index in [2.05, 4.69) is 56.0 Å². The number of benzene rings is 2. The van der Waals surface area contributed by atoms with Crippen molar-refractivity contribution < 1.29 is 14.3 Å². The molecule has 4 aromatic rings. The fourth-order valence-electron chi connectivity index (χ4n) is 4.01. The number of morpholine rings is 1. The molecule has 0 spiro atoms. The van der Waals surface area contributed by atoms with Crippen LogP contribution in [0.1, 0.15) is 27.2 Å². The average Bonchev–Trinajstić information content (AvgIpc) is 2.97. The molecule has 0 N–H and O–H groups in total. The maximum absolute atomic E-state index is 12.2. The number of carbonyl (C=O) groups excluding carboxylic acids is 1. The summed E-state index contributed by atoms with van der Waals surface area (Å²) in [6.07, 6.45) is 3.34. The molecule has 0 saturated carbocycles. The van der Waals surface area contributed by atoms with Gasteiger partial charge >= 0.3 is 5.97 Å². The summed E-state index contributed by atoms with van der Waals surface area (Å²) in [6, 6.07) is 21.4. The first kappa shape index (κ1) is 24.3. The van der Waals surface area contributed by atoms with E-state index in [9.17, 15) is 4.79 Å². The Kier molecular flexibility index (Phi) is 7.60. The van der Waals surface area contributed by atoms with Crippen molar-refractivity contribution in [2.75, 3.05) is 33.4 Å². The van der Waals surface area contributed by atoms with Gasteiger partial charge in [0, 0.05) is 54.3 Å². The number of rotatable bonds is 5. The van der Waals surface area contributed by atoms with E-state index >= 15 is 0 Å². The van der Waals surface area contributed by atoms with Crippen LogP contribution < -0.4 is 0 Å². The molecule has 1 aliphatic rings. The lowest BCUT2D eigenvalue weighted by Crippen LogP contribution is -2.35. The number of hydrogen-bond acceptors (Lipinski definition) is 7. The first-order valence-electron chi connectivity index (χ1n) is 12.1. The van der Waals surface area contributed by atoms with Gasteiger partial charge in [0.2, 0.25) is 0 Å². The predicted octanol–water partition coefficient (Wildman–Crippen LogP) is 4.22. The largest absolute Gasteiger partial charge is 0.464 e. The van der Waals surface area contributed by atoms with Crippen LogP contribution in [0.3, 0.4) is 0 Å². The topological polar surface area (TPSA) is 77.4 Å². The van der Waals surface area contributed by atoms with E-state index in [1.165, 1.54) is 12.7 Å². The van der Waals surface area contributed by atoms with Crippen molar-refractivity contribution in [3.05, 3.63) is 102 Å². The minimum Gasteiger partial charge on any atom is -0.464 e. The van der Waals surface area contributed by atoms with Crippen LogP contribution in [0.4, 0.5) is 0 Å². The van der Waals surface area contributed by atoms with E-state index in [1.54, 1.807) is 24.5 Å². The number of aromatic nitrogens is 3. The minimum absolute atomic E-state index is 0.187. The van der Waals surface area contributed by atoms with Gasteiger partial charge in [-0.2, -0.15) is 0 Å². The third kappa shape index (κ3) is 6.25. The molecule has 1 aliphatic heterocycles. The monoisotopic (exact) mass is 490 g/mol. The zero-order valence-corrected chi connectivity index (χ0v) is 20.6. The highest BCUT2D eigenvalue weighted by atomic mass is 16.5. The van der Waals surface area contributed by atoms with Crippen molar-refractivity contribution in [3.63, 3.8) is 0 Å². The highest BCUT2D eigenvalue weighted by molar-refractivity contribution is 5.89. The summed E-state index contributed by atoms with van der Waals surface area (Å²) >= 11 is 0. The van der Waals surface area contributed by atoms with Crippen LogP contribution >= 0.6 is 0 Å². The first-order valence-corrected chi connectivity index (χ1v) is 12.1. The number of nitrogens with zero attached hydrogens (tertiary/aromatic N) is 4. The number of carbonyl (C=O) groups is 1. The molecule has 3 heterocycles. The maximum Gasteiger partial charge on any atom is 0.356 e. The van der Waals surface area contributed by atoms with E-state index in [0.717, 1.165) is 49.5 Å². The van der Waals surface area contributed by atoms with E-state index in [4.69, 9.17) is 9.47 Å². The molecule has 0 aliphatic carbocycles. The van der Waals surface area contributed by atoms with Crippen LogP contribution in [0.15, 0.2) is 79.1 Å². The molecule has 7 nitrogen and oxygen atoms in total. The molecule has 7 heteroatoms. The van der Waals surface area contributed by atoms with Gasteiger partial charge in [-0.15, -0.1) is 0 Å². The summed E-state index contributed by atoms with van der Waals surface area (Å²) < 4.78 is 10.3. The van der Waals surface area contributed by atoms with Crippen LogP contribution in [0.2, 0.25) is 0 Å². The minimum atomic E-state index is -0.521. The lowest BCUT2D eigenvalue weighted by molar-refractivity contribution is 0.0342. The molecule has 1 saturated heterocycles. The second-order valence-electron chi connectivity index (χ2n) is 8.61. The van der Waals surface area contributed by atoms with Gasteiger partial charge in [-0.05, 0) is 48.0 Å². The average molecular weight is 491 g/mol. The highest BCUT2D eigenvalue weighted by Gasteiger charge is 2.15. The third-order valence-corrected chi connectivity index (χ3v) is 6.04. The molecule has 1 fully saturated rings. The Balaban J connectivity index is 1.33. The fraction of sp³-hybridized carbons (Fsp3) is 0.200. The second kappa shape index (κ2) is 11.6. The summed E-state index contributed by atoms with van der Waals surface area (Å²) in [5, 5.41) is 0. The SMILES string of the molecule is COC(=O)c1cc(-c2ccc(C#Cc3ccc(CN4CCOCC4)cc3)cc2)nc(-c2cccnc2)n1. The quantitative estimate of drug-likeness (QED) is 0.306. The van der Waals surface area contributed by atoms with E-state index < -0.39 is 5.97 Å². The van der Waals surface area contributed by atoms with Crippen molar-refractivity contribution in [1.82, 2.24) is 19.9 Å². The highest BCUT2D eigenvalue weighted by Crippen LogP contribution is 2.23. The van der Waals surface area contributed by atoms with Gasteiger partial charge in [-0.1, -0.05) is 36.1 Å². The van der Waals surface area contributed by atoms with Crippen molar-refractivity contribution >= 4 is 5.97 Å². The van der Waals surface area contributed by atoms with Crippen LogP contribution in [-0.4, -0.2) is 59.2 Å². The molecule has 2 aromatic carbocycles. The zero-order valence-electron chi connectivity index (χ0n) is 20.6. The lowest BCUT2D eigenvalue weighted by atomic mass is 10.1. The number of hydrogen-bond donors (Lipinski definition) is 0. The molecular formula is C30H26N4O3. The second-order valence-corrected chi connectivity index (χ2v) is 8.61. The lowest BCUT2D eigenvalue weighted by Gasteiger charge is -2.26. The van der Waals surface area contributed by atoms with Crippen molar-refractivity contribution in [3.8, 4) is 34.5 Å². The molecule has 0 amide bonds. The van der Waals surface area contributed by atoms with Crippen molar-refractivity contribution in [2.45, 2.75) is 6.54 Å². The summed E-state index contributed by atoms with van der Waals surface area (Å²) in [5.74, 6) is 6.35. The number of pyridine rings is 1. The molecule has 0 atom stereocenters. The van der Waals surface area contributed by atoms with Gasteiger partial charge in [0.05, 0.1) is 26.0 Å². The molecular weight excluding hydrogens is 464 g/mol. The Morgan fingerprint density at radius 2 is 1.65 bits per heavy atom. The summed E-state index contributed by atoms with van der Waals surface area (Å²) in [6.45, 7) is 4.49. The molecule has 5 rings (SSSR count). The Bertz CT molecular complexity index is 1420. The molecule has 37 heavy (non-hydrogen) atoms. The third-order valence-electron chi connectivity index (χ3n) is 6.04. The van der Waals surface area contributed by atoms with Crippen LogP contribution in [-0.2, 0) is 16.0 Å².